The first-order chi connectivity index (χ1) is 8.38. The second-order valence-corrected chi connectivity index (χ2v) is 3.58. The van der Waals surface area contributed by atoms with Gasteiger partial charge in [-0.1, -0.05) is 36.1 Å². The third-order valence-electron chi connectivity index (χ3n) is 2.26. The number of anilines is 2. The Labute approximate surface area is 101 Å². The number of nitrogens with two attached hydrogens (primary N) is 1. The van der Waals surface area contributed by atoms with E-state index in [4.69, 9.17) is 5.73 Å². The molecule has 0 atom stereocenters. The van der Waals surface area contributed by atoms with Crippen LogP contribution in [0.25, 0.3) is 0 Å². The predicted octanol–water partition coefficient (Wildman–Crippen LogP) is 2.74. The summed E-state index contributed by atoms with van der Waals surface area (Å²) in [7, 11) is 0. The number of para-hydroxylation sites is 1. The lowest BCUT2D eigenvalue weighted by molar-refractivity contribution is 1.30. The van der Waals surface area contributed by atoms with Crippen molar-refractivity contribution >= 4 is 11.4 Å². The van der Waals surface area contributed by atoms with Gasteiger partial charge in [-0.05, 0) is 30.3 Å². The summed E-state index contributed by atoms with van der Waals surface area (Å²) in [5.74, 6) is 5.86. The summed E-state index contributed by atoms with van der Waals surface area (Å²) in [6.07, 6.45) is 0. The number of hydrogen-bond donors (Lipinski definition) is 2. The van der Waals surface area contributed by atoms with Crippen LogP contribution in [0, 0.1) is 11.8 Å². The molecule has 0 saturated carbocycles. The molecular formula is C15H14N2. The van der Waals surface area contributed by atoms with Crippen LogP contribution >= 0.6 is 0 Å². The predicted molar refractivity (Wildman–Crippen MR) is 72.1 cm³/mol. The van der Waals surface area contributed by atoms with E-state index >= 15 is 0 Å². The van der Waals surface area contributed by atoms with E-state index in [1.54, 1.807) is 0 Å². The highest BCUT2D eigenvalue weighted by Crippen LogP contribution is 2.16. The van der Waals surface area contributed by atoms with Crippen LogP contribution in [0.4, 0.5) is 11.4 Å². The maximum atomic E-state index is 5.35. The van der Waals surface area contributed by atoms with E-state index in [0.717, 1.165) is 16.9 Å². The third kappa shape index (κ3) is 3.37. The number of benzene rings is 2. The van der Waals surface area contributed by atoms with Crippen molar-refractivity contribution in [2.45, 2.75) is 0 Å². The van der Waals surface area contributed by atoms with Crippen LogP contribution in [-0.2, 0) is 0 Å². The molecule has 0 heterocycles. The van der Waals surface area contributed by atoms with Crippen LogP contribution in [0.1, 0.15) is 5.56 Å². The van der Waals surface area contributed by atoms with E-state index in [9.17, 15) is 0 Å². The van der Waals surface area contributed by atoms with Gasteiger partial charge >= 0.3 is 0 Å². The molecule has 2 aromatic rings. The van der Waals surface area contributed by atoms with Crippen molar-refractivity contribution in [2.75, 3.05) is 11.9 Å². The maximum Gasteiger partial charge on any atom is 0.0555 e. The topological polar surface area (TPSA) is 38.0 Å². The van der Waals surface area contributed by atoms with E-state index in [1.165, 1.54) is 0 Å². The van der Waals surface area contributed by atoms with Crippen molar-refractivity contribution in [3.8, 4) is 11.8 Å². The fourth-order valence-corrected chi connectivity index (χ4v) is 1.52. The van der Waals surface area contributed by atoms with Crippen LogP contribution in [0.3, 0.4) is 0 Å². The molecule has 0 bridgehead atoms. The van der Waals surface area contributed by atoms with Crippen molar-refractivity contribution in [1.82, 2.24) is 0 Å². The minimum Gasteiger partial charge on any atom is -0.355 e. The monoisotopic (exact) mass is 222 g/mol. The summed E-state index contributed by atoms with van der Waals surface area (Å²) >= 11 is 0. The molecular weight excluding hydrogens is 208 g/mol. The van der Waals surface area contributed by atoms with Crippen LogP contribution in [0.15, 0.2) is 54.6 Å². The molecule has 84 valence electrons. The molecule has 17 heavy (non-hydrogen) atoms. The van der Waals surface area contributed by atoms with E-state index in [-0.39, 0.29) is 0 Å². The fraction of sp³-hybridized carbons (Fsp3) is 0.0667. The second-order valence-electron chi connectivity index (χ2n) is 3.58. The average molecular weight is 222 g/mol. The van der Waals surface area contributed by atoms with Gasteiger partial charge in [0.05, 0.1) is 6.54 Å². The SMILES string of the molecule is NCC#Cc1cccc(Nc2ccccc2)c1. The second kappa shape index (κ2) is 5.74. The number of hydrogen-bond acceptors (Lipinski definition) is 2. The molecule has 0 aliphatic rings. The van der Waals surface area contributed by atoms with Crippen LogP contribution in [0.2, 0.25) is 0 Å². The van der Waals surface area contributed by atoms with Gasteiger partial charge in [-0.25, -0.2) is 0 Å². The lowest BCUT2D eigenvalue weighted by Crippen LogP contribution is -1.93. The van der Waals surface area contributed by atoms with Gasteiger partial charge in [0.25, 0.3) is 0 Å². The van der Waals surface area contributed by atoms with Gasteiger partial charge in [-0.2, -0.15) is 0 Å². The van der Waals surface area contributed by atoms with E-state index < -0.39 is 0 Å². The lowest BCUT2D eigenvalue weighted by Gasteiger charge is -2.06. The van der Waals surface area contributed by atoms with Crippen molar-refractivity contribution < 1.29 is 0 Å². The molecule has 2 heteroatoms. The van der Waals surface area contributed by atoms with Crippen molar-refractivity contribution in [2.24, 2.45) is 5.73 Å². The Balaban J connectivity index is 2.17. The highest BCUT2D eigenvalue weighted by Gasteiger charge is 1.94. The van der Waals surface area contributed by atoms with Crippen molar-refractivity contribution in [3.63, 3.8) is 0 Å². The Morgan fingerprint density at radius 2 is 1.71 bits per heavy atom. The largest absolute Gasteiger partial charge is 0.355 e. The van der Waals surface area contributed by atoms with Gasteiger partial charge in [0, 0.05) is 16.9 Å². The first-order valence-electron chi connectivity index (χ1n) is 5.49. The molecule has 0 aliphatic carbocycles. The molecule has 0 amide bonds. The summed E-state index contributed by atoms with van der Waals surface area (Å²) in [5, 5.41) is 3.32. The number of nitrogens with one attached hydrogen (secondary N) is 1. The van der Waals surface area contributed by atoms with Gasteiger partial charge in [-0.15, -0.1) is 0 Å². The Morgan fingerprint density at radius 1 is 0.941 bits per heavy atom. The summed E-state index contributed by atoms with van der Waals surface area (Å²) in [6, 6.07) is 18.0. The van der Waals surface area contributed by atoms with E-state index in [2.05, 4.69) is 17.2 Å². The summed E-state index contributed by atoms with van der Waals surface area (Å²) in [5.41, 5.74) is 8.41. The molecule has 0 saturated heterocycles. The smallest absolute Gasteiger partial charge is 0.0555 e. The van der Waals surface area contributed by atoms with E-state index in [0.29, 0.717) is 6.54 Å². The van der Waals surface area contributed by atoms with Crippen LogP contribution in [-0.4, -0.2) is 6.54 Å². The normalized spacial score (nSPS) is 9.24. The third-order valence-corrected chi connectivity index (χ3v) is 2.26. The van der Waals surface area contributed by atoms with E-state index in [1.807, 2.05) is 54.6 Å². The first kappa shape index (κ1) is 11.3. The van der Waals surface area contributed by atoms with Crippen molar-refractivity contribution in [3.05, 3.63) is 60.2 Å². The number of rotatable bonds is 2. The highest BCUT2D eigenvalue weighted by atomic mass is 14.9. The molecule has 0 aliphatic heterocycles. The molecule has 3 N–H and O–H groups in total. The van der Waals surface area contributed by atoms with Gasteiger partial charge in [0.1, 0.15) is 0 Å². The average Bonchev–Trinajstić information content (AvgIpc) is 2.38. The molecule has 2 nitrogen and oxygen atoms in total. The Bertz CT molecular complexity index is 536. The minimum absolute atomic E-state index is 0.385. The zero-order valence-corrected chi connectivity index (χ0v) is 9.48. The lowest BCUT2D eigenvalue weighted by atomic mass is 10.2. The molecule has 0 radical (unpaired) electrons. The molecule has 0 fully saturated rings. The zero-order chi connectivity index (χ0) is 11.9. The molecule has 0 aromatic heterocycles. The van der Waals surface area contributed by atoms with Crippen molar-refractivity contribution in [1.29, 1.82) is 0 Å². The highest BCUT2D eigenvalue weighted by molar-refractivity contribution is 5.61. The maximum absolute atomic E-state index is 5.35. The van der Waals surface area contributed by atoms with Crippen LogP contribution < -0.4 is 11.1 Å². The molecule has 2 rings (SSSR count). The summed E-state index contributed by atoms with van der Waals surface area (Å²) < 4.78 is 0. The standard InChI is InChI=1S/C15H14N2/c16-11-5-7-13-6-4-10-15(12-13)17-14-8-2-1-3-9-14/h1-4,6,8-10,12,17H,11,16H2. The molecule has 0 spiro atoms. The Kier molecular flexibility index (Phi) is 3.80. The Morgan fingerprint density at radius 3 is 2.47 bits per heavy atom. The quantitative estimate of drug-likeness (QED) is 0.767. The zero-order valence-electron chi connectivity index (χ0n) is 9.48. The first-order valence-corrected chi connectivity index (χ1v) is 5.49. The molecule has 2 aromatic carbocycles. The summed E-state index contributed by atoms with van der Waals surface area (Å²) in [4.78, 5) is 0. The summed E-state index contributed by atoms with van der Waals surface area (Å²) in [6.45, 7) is 0.385. The molecule has 0 unspecified atom stereocenters. The minimum atomic E-state index is 0.385. The van der Waals surface area contributed by atoms with Crippen LogP contribution in [0.5, 0.6) is 0 Å². The van der Waals surface area contributed by atoms with Gasteiger partial charge in [0.2, 0.25) is 0 Å². The van der Waals surface area contributed by atoms with Gasteiger partial charge in [0.15, 0.2) is 0 Å². The van der Waals surface area contributed by atoms with Gasteiger partial charge in [-0.3, -0.25) is 0 Å². The van der Waals surface area contributed by atoms with Gasteiger partial charge < -0.3 is 11.1 Å². The fourth-order valence-electron chi connectivity index (χ4n) is 1.52. The Hall–Kier alpha value is -2.24.